The molecule has 0 unspecified atom stereocenters. The van der Waals surface area contributed by atoms with Gasteiger partial charge in [-0.15, -0.1) is 0 Å². The number of aromatic amines is 2. The van der Waals surface area contributed by atoms with Crippen LogP contribution in [0.2, 0.25) is 0 Å². The van der Waals surface area contributed by atoms with E-state index in [-0.39, 0.29) is 17.6 Å². The van der Waals surface area contributed by atoms with Crippen molar-refractivity contribution < 1.29 is 9.18 Å². The monoisotopic (exact) mass is 548 g/mol. The summed E-state index contributed by atoms with van der Waals surface area (Å²) in [5.41, 5.74) is 7.46. The van der Waals surface area contributed by atoms with E-state index in [0.717, 1.165) is 44.2 Å². The zero-order chi connectivity index (χ0) is 28.5. The van der Waals surface area contributed by atoms with Crippen LogP contribution in [-0.4, -0.2) is 43.1 Å². The minimum absolute atomic E-state index is 0.0506. The van der Waals surface area contributed by atoms with E-state index in [1.54, 1.807) is 18.6 Å². The average molecular weight is 549 g/mol. The van der Waals surface area contributed by atoms with E-state index in [4.69, 9.17) is 4.98 Å². The Labute approximate surface area is 235 Å². The quantitative estimate of drug-likeness (QED) is 0.183. The maximum atomic E-state index is 14.5. The van der Waals surface area contributed by atoms with Crippen LogP contribution in [0, 0.1) is 11.7 Å². The minimum Gasteiger partial charge on any atom is -0.337 e. The van der Waals surface area contributed by atoms with Crippen molar-refractivity contribution in [2.24, 2.45) is 5.92 Å². The van der Waals surface area contributed by atoms with Crippen molar-refractivity contribution >= 4 is 33.7 Å². The number of fused-ring (bicyclic) bond motifs is 2. The van der Waals surface area contributed by atoms with Gasteiger partial charge in [-0.25, -0.2) is 14.4 Å². The van der Waals surface area contributed by atoms with Crippen LogP contribution in [-0.2, 0) is 11.3 Å². The van der Waals surface area contributed by atoms with Gasteiger partial charge in [0.2, 0.25) is 5.91 Å². The Morgan fingerprint density at radius 1 is 1.02 bits per heavy atom. The fourth-order valence-corrected chi connectivity index (χ4v) is 4.98. The van der Waals surface area contributed by atoms with Gasteiger partial charge in [0.15, 0.2) is 11.5 Å². The normalized spacial score (nSPS) is 11.5. The Morgan fingerprint density at radius 3 is 2.71 bits per heavy atom. The first-order chi connectivity index (χ1) is 19.9. The van der Waals surface area contributed by atoms with Gasteiger partial charge in [0, 0.05) is 42.0 Å². The molecule has 206 valence electrons. The lowest BCUT2D eigenvalue weighted by atomic mass is 10.0. The van der Waals surface area contributed by atoms with Gasteiger partial charge in [-0.2, -0.15) is 5.10 Å². The molecule has 9 nitrogen and oxygen atoms in total. The summed E-state index contributed by atoms with van der Waals surface area (Å²) in [5, 5.41) is 14.2. The third kappa shape index (κ3) is 5.42. The van der Waals surface area contributed by atoms with Crippen molar-refractivity contribution in [2.75, 3.05) is 12.4 Å². The van der Waals surface area contributed by atoms with Crippen molar-refractivity contribution in [1.82, 2.24) is 35.5 Å². The molecule has 0 radical (unpaired) electrons. The molecule has 4 aromatic heterocycles. The third-order valence-electron chi connectivity index (χ3n) is 6.76. The SMILES string of the molecule is CNCc1cc(F)cc(-c2cccc3[nH]c(-c4[nH]nc5ncc(-c6cncc(NC(=O)CC(C)C)c6)cc45)nc23)c1. The van der Waals surface area contributed by atoms with Crippen LogP contribution in [0.3, 0.4) is 0 Å². The summed E-state index contributed by atoms with van der Waals surface area (Å²) in [6, 6.07) is 14.7. The van der Waals surface area contributed by atoms with Crippen LogP contribution in [0.1, 0.15) is 25.8 Å². The van der Waals surface area contributed by atoms with Crippen molar-refractivity contribution in [1.29, 1.82) is 0 Å². The van der Waals surface area contributed by atoms with Gasteiger partial charge in [0.1, 0.15) is 11.5 Å². The summed E-state index contributed by atoms with van der Waals surface area (Å²) in [4.78, 5) is 29.4. The van der Waals surface area contributed by atoms with E-state index in [0.29, 0.717) is 35.8 Å². The number of hydrogen-bond donors (Lipinski definition) is 4. The molecule has 4 N–H and O–H groups in total. The summed E-state index contributed by atoms with van der Waals surface area (Å²) in [7, 11) is 1.83. The topological polar surface area (TPSA) is 124 Å². The number of nitrogens with one attached hydrogen (secondary N) is 4. The number of H-pyrrole nitrogens is 2. The van der Waals surface area contributed by atoms with Crippen LogP contribution in [0.4, 0.5) is 10.1 Å². The molecular weight excluding hydrogens is 519 g/mol. The standard InChI is InChI=1S/C31H29FN8O/c1-17(2)7-27(41)36-23-11-20(14-34-16-23)21-12-25-29(39-40-30(25)35-15-21)31-37-26-6-4-5-24(28(26)38-31)19-8-18(13-33-3)9-22(32)10-19/h4-6,8-12,14-17,33H,7,13H2,1-3H3,(H,36,41)(H,37,38)(H,35,39,40). The Hall–Kier alpha value is -4.96. The molecule has 0 aliphatic heterocycles. The van der Waals surface area contributed by atoms with Crippen LogP contribution >= 0.6 is 0 Å². The number of para-hydroxylation sites is 1. The summed E-state index contributed by atoms with van der Waals surface area (Å²) in [6.45, 7) is 4.57. The molecule has 2 aromatic carbocycles. The van der Waals surface area contributed by atoms with E-state index in [1.807, 2.05) is 57.3 Å². The Kier molecular flexibility index (Phi) is 6.98. The van der Waals surface area contributed by atoms with Crippen molar-refractivity contribution in [3.63, 3.8) is 0 Å². The van der Waals surface area contributed by atoms with E-state index >= 15 is 0 Å². The highest BCUT2D eigenvalue weighted by Gasteiger charge is 2.17. The number of hydrogen-bond acceptors (Lipinski definition) is 6. The van der Waals surface area contributed by atoms with Gasteiger partial charge in [-0.1, -0.05) is 26.0 Å². The summed E-state index contributed by atoms with van der Waals surface area (Å²) in [6.07, 6.45) is 5.53. The molecule has 10 heteroatoms. The second-order valence-corrected chi connectivity index (χ2v) is 10.5. The maximum absolute atomic E-state index is 14.5. The fraction of sp³-hybridized carbons (Fsp3) is 0.194. The van der Waals surface area contributed by atoms with E-state index in [2.05, 4.69) is 35.8 Å². The first-order valence-electron chi connectivity index (χ1n) is 13.4. The number of amides is 1. The summed E-state index contributed by atoms with van der Waals surface area (Å²) >= 11 is 0. The van der Waals surface area contributed by atoms with Crippen LogP contribution in [0.5, 0.6) is 0 Å². The number of halogens is 1. The molecule has 6 rings (SSSR count). The molecule has 0 aliphatic rings. The Bertz CT molecular complexity index is 1890. The minimum atomic E-state index is -0.295. The number of nitrogens with zero attached hydrogens (tertiary/aromatic N) is 4. The second-order valence-electron chi connectivity index (χ2n) is 10.5. The molecule has 0 saturated carbocycles. The lowest BCUT2D eigenvalue weighted by molar-refractivity contribution is -0.116. The second kappa shape index (κ2) is 10.9. The highest BCUT2D eigenvalue weighted by molar-refractivity contribution is 5.97. The van der Waals surface area contributed by atoms with Gasteiger partial charge in [0.05, 0.1) is 28.3 Å². The number of carbonyl (C=O) groups excluding carboxylic acids is 1. The molecule has 0 fully saturated rings. The third-order valence-corrected chi connectivity index (χ3v) is 6.76. The molecule has 0 bridgehead atoms. The number of imidazole rings is 1. The lowest BCUT2D eigenvalue weighted by Gasteiger charge is -2.08. The van der Waals surface area contributed by atoms with Crippen LogP contribution < -0.4 is 10.6 Å². The molecule has 0 spiro atoms. The van der Waals surface area contributed by atoms with E-state index < -0.39 is 0 Å². The number of benzene rings is 2. The number of rotatable bonds is 8. The zero-order valence-corrected chi connectivity index (χ0v) is 22.9. The molecule has 0 atom stereocenters. The summed E-state index contributed by atoms with van der Waals surface area (Å²) < 4.78 is 14.5. The summed E-state index contributed by atoms with van der Waals surface area (Å²) in [5.74, 6) is 0.506. The fourth-order valence-electron chi connectivity index (χ4n) is 4.98. The average Bonchev–Trinajstić information content (AvgIpc) is 3.56. The zero-order valence-electron chi connectivity index (χ0n) is 22.9. The number of pyridine rings is 2. The molecule has 4 heterocycles. The van der Waals surface area contributed by atoms with E-state index in [1.165, 1.54) is 12.1 Å². The largest absolute Gasteiger partial charge is 0.337 e. The lowest BCUT2D eigenvalue weighted by Crippen LogP contribution is -2.13. The van der Waals surface area contributed by atoms with Gasteiger partial charge in [-0.05, 0) is 60.5 Å². The smallest absolute Gasteiger partial charge is 0.224 e. The first-order valence-corrected chi connectivity index (χ1v) is 13.4. The molecule has 0 saturated heterocycles. The van der Waals surface area contributed by atoms with Gasteiger partial charge in [0.25, 0.3) is 0 Å². The Balaban J connectivity index is 1.38. The highest BCUT2D eigenvalue weighted by atomic mass is 19.1. The number of anilines is 1. The molecule has 1 amide bonds. The highest BCUT2D eigenvalue weighted by Crippen LogP contribution is 2.33. The van der Waals surface area contributed by atoms with Crippen LogP contribution in [0.25, 0.3) is 55.8 Å². The predicted octanol–water partition coefficient (Wildman–Crippen LogP) is 6.07. The molecule has 0 aliphatic carbocycles. The van der Waals surface area contributed by atoms with Gasteiger partial charge < -0.3 is 15.6 Å². The molecule has 41 heavy (non-hydrogen) atoms. The molecular formula is C31H29FN8O. The number of carbonyl (C=O) groups is 1. The van der Waals surface area contributed by atoms with Crippen molar-refractivity contribution in [3.05, 3.63) is 78.5 Å². The van der Waals surface area contributed by atoms with Crippen LogP contribution in [0.15, 0.2) is 67.1 Å². The first kappa shape index (κ1) is 26.3. The van der Waals surface area contributed by atoms with Crippen molar-refractivity contribution in [3.8, 4) is 33.8 Å². The Morgan fingerprint density at radius 2 is 1.88 bits per heavy atom. The maximum Gasteiger partial charge on any atom is 0.224 e. The van der Waals surface area contributed by atoms with E-state index in [9.17, 15) is 9.18 Å². The van der Waals surface area contributed by atoms with Gasteiger partial charge >= 0.3 is 0 Å². The van der Waals surface area contributed by atoms with Gasteiger partial charge in [-0.3, -0.25) is 14.9 Å². The predicted molar refractivity (Wildman–Crippen MR) is 158 cm³/mol. The van der Waals surface area contributed by atoms with Crippen molar-refractivity contribution in [2.45, 2.75) is 26.8 Å². The number of aromatic nitrogens is 6. The molecule has 6 aromatic rings.